The number of primary amides is 1. The van der Waals surface area contributed by atoms with Crippen LogP contribution >= 0.6 is 0 Å². The van der Waals surface area contributed by atoms with Crippen molar-refractivity contribution in [3.8, 4) is 0 Å². The molecular formula is C14H28N2O. The molecule has 17 heavy (non-hydrogen) atoms. The van der Waals surface area contributed by atoms with Gasteiger partial charge >= 0.3 is 0 Å². The first-order valence-electron chi connectivity index (χ1n) is 6.87. The lowest BCUT2D eigenvalue weighted by Gasteiger charge is -2.32. The standard InChI is InChI=1S/C14H28N2O/c1-5-16-14(12(15)17)9-6-7-11(8-10-14)13(2,3)4/h11,16H,5-10H2,1-4H3,(H2,15,17). The van der Waals surface area contributed by atoms with E-state index >= 15 is 0 Å². The van der Waals surface area contributed by atoms with Gasteiger partial charge < -0.3 is 11.1 Å². The summed E-state index contributed by atoms with van der Waals surface area (Å²) in [5.41, 5.74) is 5.49. The summed E-state index contributed by atoms with van der Waals surface area (Å²) in [6.07, 6.45) is 5.18. The molecule has 3 nitrogen and oxygen atoms in total. The van der Waals surface area contributed by atoms with E-state index in [4.69, 9.17) is 5.73 Å². The number of likely N-dealkylation sites (N-methyl/N-ethyl adjacent to an activating group) is 1. The summed E-state index contributed by atoms with van der Waals surface area (Å²) >= 11 is 0. The average molecular weight is 240 g/mol. The Hall–Kier alpha value is -0.570. The van der Waals surface area contributed by atoms with Crippen LogP contribution < -0.4 is 11.1 Å². The van der Waals surface area contributed by atoms with Crippen LogP contribution in [0.3, 0.4) is 0 Å². The van der Waals surface area contributed by atoms with Crippen LogP contribution in [0.1, 0.15) is 59.8 Å². The highest BCUT2D eigenvalue weighted by molar-refractivity contribution is 5.84. The molecule has 1 rings (SSSR count). The third-order valence-electron chi connectivity index (χ3n) is 4.29. The summed E-state index contributed by atoms with van der Waals surface area (Å²) in [5, 5.41) is 3.33. The number of amides is 1. The Morgan fingerprint density at radius 3 is 2.47 bits per heavy atom. The van der Waals surface area contributed by atoms with Crippen molar-refractivity contribution in [3.63, 3.8) is 0 Å². The van der Waals surface area contributed by atoms with E-state index in [1.54, 1.807) is 0 Å². The van der Waals surface area contributed by atoms with Crippen molar-refractivity contribution in [2.75, 3.05) is 6.54 Å². The van der Waals surface area contributed by atoms with Crippen LogP contribution in [0, 0.1) is 11.3 Å². The van der Waals surface area contributed by atoms with E-state index in [2.05, 4.69) is 26.1 Å². The van der Waals surface area contributed by atoms with E-state index in [1.807, 2.05) is 6.92 Å². The maximum atomic E-state index is 11.7. The minimum absolute atomic E-state index is 0.172. The van der Waals surface area contributed by atoms with Crippen LogP contribution in [0.25, 0.3) is 0 Å². The molecule has 1 amide bonds. The lowest BCUT2D eigenvalue weighted by Crippen LogP contribution is -2.55. The van der Waals surface area contributed by atoms with Crippen molar-refractivity contribution in [2.24, 2.45) is 17.1 Å². The van der Waals surface area contributed by atoms with Crippen LogP contribution in [0.5, 0.6) is 0 Å². The highest BCUT2D eigenvalue weighted by atomic mass is 16.1. The summed E-state index contributed by atoms with van der Waals surface area (Å²) in [5.74, 6) is 0.524. The molecular weight excluding hydrogens is 212 g/mol. The number of rotatable bonds is 3. The summed E-state index contributed by atoms with van der Waals surface area (Å²) in [4.78, 5) is 11.7. The number of hydrogen-bond acceptors (Lipinski definition) is 2. The third-order valence-corrected chi connectivity index (χ3v) is 4.29. The molecule has 3 N–H and O–H groups in total. The quantitative estimate of drug-likeness (QED) is 0.744. The molecule has 3 heteroatoms. The molecule has 100 valence electrons. The zero-order chi connectivity index (χ0) is 13.1. The van der Waals surface area contributed by atoms with Gasteiger partial charge in [-0.15, -0.1) is 0 Å². The molecule has 2 unspecified atom stereocenters. The lowest BCUT2D eigenvalue weighted by atomic mass is 9.76. The zero-order valence-electron chi connectivity index (χ0n) is 11.8. The van der Waals surface area contributed by atoms with Gasteiger partial charge in [0, 0.05) is 0 Å². The summed E-state index contributed by atoms with van der Waals surface area (Å²) < 4.78 is 0. The van der Waals surface area contributed by atoms with Gasteiger partial charge in [-0.05, 0) is 43.6 Å². The van der Waals surface area contributed by atoms with E-state index in [0.29, 0.717) is 11.3 Å². The fourth-order valence-electron chi connectivity index (χ4n) is 3.05. The number of hydrogen-bond donors (Lipinski definition) is 2. The normalized spacial score (nSPS) is 30.9. The zero-order valence-corrected chi connectivity index (χ0v) is 11.8. The molecule has 0 bridgehead atoms. The van der Waals surface area contributed by atoms with E-state index in [9.17, 15) is 4.79 Å². The Bertz CT molecular complexity index is 270. The van der Waals surface area contributed by atoms with Gasteiger partial charge in [-0.1, -0.05) is 34.1 Å². The highest BCUT2D eigenvalue weighted by Crippen LogP contribution is 2.39. The van der Waals surface area contributed by atoms with Gasteiger partial charge in [0.25, 0.3) is 0 Å². The van der Waals surface area contributed by atoms with Gasteiger partial charge in [0.1, 0.15) is 0 Å². The minimum atomic E-state index is -0.450. The molecule has 0 aliphatic heterocycles. The Balaban J connectivity index is 2.77. The largest absolute Gasteiger partial charge is 0.368 e. The smallest absolute Gasteiger partial charge is 0.237 e. The SMILES string of the molecule is CCNC1(C(N)=O)CCCC(C(C)(C)C)CC1. The van der Waals surface area contributed by atoms with Gasteiger partial charge in [0.15, 0.2) is 0 Å². The monoisotopic (exact) mass is 240 g/mol. The van der Waals surface area contributed by atoms with E-state index in [-0.39, 0.29) is 5.91 Å². The van der Waals surface area contributed by atoms with Gasteiger partial charge in [-0.25, -0.2) is 0 Å². The van der Waals surface area contributed by atoms with Gasteiger partial charge in [-0.3, -0.25) is 4.79 Å². The molecule has 1 saturated carbocycles. The summed E-state index contributed by atoms with van der Waals surface area (Å²) in [6, 6.07) is 0. The Morgan fingerprint density at radius 2 is 2.00 bits per heavy atom. The molecule has 1 aliphatic carbocycles. The fourth-order valence-corrected chi connectivity index (χ4v) is 3.05. The van der Waals surface area contributed by atoms with Crippen molar-refractivity contribution in [2.45, 2.75) is 65.3 Å². The Labute approximate surface area is 106 Å². The van der Waals surface area contributed by atoms with Gasteiger partial charge in [0.2, 0.25) is 5.91 Å². The fraction of sp³-hybridized carbons (Fsp3) is 0.929. The molecule has 1 fully saturated rings. The third kappa shape index (κ3) is 3.44. The van der Waals surface area contributed by atoms with E-state index in [1.165, 1.54) is 6.42 Å². The van der Waals surface area contributed by atoms with E-state index < -0.39 is 5.54 Å². The molecule has 0 aromatic carbocycles. The molecule has 1 aliphatic rings. The number of carbonyl (C=O) groups is 1. The first kappa shape index (κ1) is 14.5. The van der Waals surface area contributed by atoms with Crippen LogP contribution in [0.4, 0.5) is 0 Å². The van der Waals surface area contributed by atoms with Gasteiger partial charge in [0.05, 0.1) is 5.54 Å². The Morgan fingerprint density at radius 1 is 1.35 bits per heavy atom. The molecule has 0 saturated heterocycles. The van der Waals surface area contributed by atoms with Gasteiger partial charge in [-0.2, -0.15) is 0 Å². The number of nitrogens with two attached hydrogens (primary N) is 1. The first-order valence-corrected chi connectivity index (χ1v) is 6.87. The van der Waals surface area contributed by atoms with Crippen molar-refractivity contribution in [1.29, 1.82) is 0 Å². The molecule has 0 spiro atoms. The topological polar surface area (TPSA) is 55.1 Å². The maximum absolute atomic E-state index is 11.7. The molecule has 0 aromatic rings. The Kier molecular flexibility index (Phi) is 4.59. The van der Waals surface area contributed by atoms with Crippen molar-refractivity contribution >= 4 is 5.91 Å². The maximum Gasteiger partial charge on any atom is 0.237 e. The predicted octanol–water partition coefficient (Wildman–Crippen LogP) is 2.45. The molecule has 0 heterocycles. The second-order valence-corrected chi connectivity index (χ2v) is 6.47. The second-order valence-electron chi connectivity index (χ2n) is 6.47. The number of carbonyl (C=O) groups excluding carboxylic acids is 1. The summed E-state index contributed by atoms with van der Waals surface area (Å²) in [7, 11) is 0. The predicted molar refractivity (Wildman–Crippen MR) is 71.6 cm³/mol. The first-order chi connectivity index (χ1) is 7.82. The van der Waals surface area contributed by atoms with Crippen molar-refractivity contribution in [1.82, 2.24) is 5.32 Å². The summed E-state index contributed by atoms with van der Waals surface area (Å²) in [6.45, 7) is 9.73. The minimum Gasteiger partial charge on any atom is -0.368 e. The van der Waals surface area contributed by atoms with Crippen molar-refractivity contribution in [3.05, 3.63) is 0 Å². The van der Waals surface area contributed by atoms with E-state index in [0.717, 1.165) is 32.2 Å². The molecule has 2 atom stereocenters. The van der Waals surface area contributed by atoms with Crippen LogP contribution in [0.15, 0.2) is 0 Å². The second kappa shape index (κ2) is 5.38. The van der Waals surface area contributed by atoms with Crippen molar-refractivity contribution < 1.29 is 4.79 Å². The number of nitrogens with one attached hydrogen (secondary N) is 1. The molecule has 0 aromatic heterocycles. The van der Waals surface area contributed by atoms with Crippen LogP contribution in [-0.2, 0) is 4.79 Å². The highest BCUT2D eigenvalue weighted by Gasteiger charge is 2.39. The lowest BCUT2D eigenvalue weighted by molar-refractivity contribution is -0.125. The van der Waals surface area contributed by atoms with Crippen LogP contribution in [-0.4, -0.2) is 18.0 Å². The van der Waals surface area contributed by atoms with Crippen LogP contribution in [0.2, 0.25) is 0 Å². The molecule has 0 radical (unpaired) electrons. The average Bonchev–Trinajstić information content (AvgIpc) is 2.41.